The van der Waals surface area contributed by atoms with Gasteiger partial charge in [-0.1, -0.05) is 12.2 Å². The molecule has 76 valence electrons. The largest absolute Gasteiger partial charge is 0.449 e. The standard InChI is InChI=1S/C11H15NO2/c1-4-14-11(13)12-7-9(2)5-6-10(3)8-12/h5-8H,4H2,1-3H3. The Morgan fingerprint density at radius 2 is 1.79 bits per heavy atom. The van der Waals surface area contributed by atoms with E-state index in [4.69, 9.17) is 4.74 Å². The van der Waals surface area contributed by atoms with Gasteiger partial charge in [-0.05, 0) is 31.9 Å². The minimum Gasteiger partial charge on any atom is -0.449 e. The molecule has 0 N–H and O–H groups in total. The van der Waals surface area contributed by atoms with Crippen LogP contribution in [-0.4, -0.2) is 17.6 Å². The second kappa shape index (κ2) is 4.65. The first-order chi connectivity index (χ1) is 6.63. The van der Waals surface area contributed by atoms with Crippen molar-refractivity contribution >= 4 is 6.09 Å². The topological polar surface area (TPSA) is 29.5 Å². The molecule has 0 fully saturated rings. The lowest BCUT2D eigenvalue weighted by Gasteiger charge is -2.13. The van der Waals surface area contributed by atoms with Crippen molar-refractivity contribution < 1.29 is 9.53 Å². The third-order valence-electron chi connectivity index (χ3n) is 1.77. The Labute approximate surface area is 84.3 Å². The lowest BCUT2D eigenvalue weighted by molar-refractivity contribution is 0.133. The molecule has 3 nitrogen and oxygen atoms in total. The number of ether oxygens (including phenoxy) is 1. The Kier molecular flexibility index (Phi) is 3.51. The summed E-state index contributed by atoms with van der Waals surface area (Å²) in [6.45, 7) is 6.06. The maximum Gasteiger partial charge on any atom is 0.417 e. The van der Waals surface area contributed by atoms with Crippen molar-refractivity contribution in [2.75, 3.05) is 6.61 Å². The first kappa shape index (κ1) is 10.6. The second-order valence-corrected chi connectivity index (χ2v) is 3.19. The van der Waals surface area contributed by atoms with Crippen molar-refractivity contribution in [2.24, 2.45) is 0 Å². The molecule has 1 heterocycles. The molecule has 0 aliphatic carbocycles. The Hall–Kier alpha value is -1.51. The van der Waals surface area contributed by atoms with Crippen molar-refractivity contribution in [3.8, 4) is 0 Å². The van der Waals surface area contributed by atoms with Crippen LogP contribution in [-0.2, 0) is 4.74 Å². The monoisotopic (exact) mass is 193 g/mol. The molecule has 3 heteroatoms. The van der Waals surface area contributed by atoms with Gasteiger partial charge in [-0.3, -0.25) is 4.90 Å². The maximum absolute atomic E-state index is 11.4. The van der Waals surface area contributed by atoms with Gasteiger partial charge in [0.2, 0.25) is 0 Å². The smallest absolute Gasteiger partial charge is 0.417 e. The molecule has 1 rings (SSSR count). The van der Waals surface area contributed by atoms with Crippen LogP contribution in [0.3, 0.4) is 0 Å². The molecule has 0 spiro atoms. The number of allylic oxidation sites excluding steroid dienone is 4. The van der Waals surface area contributed by atoms with Crippen LogP contribution >= 0.6 is 0 Å². The molecule has 0 saturated heterocycles. The minimum atomic E-state index is -0.338. The summed E-state index contributed by atoms with van der Waals surface area (Å²) in [6.07, 6.45) is 7.10. The van der Waals surface area contributed by atoms with E-state index in [1.54, 1.807) is 19.3 Å². The summed E-state index contributed by atoms with van der Waals surface area (Å²) >= 11 is 0. The third kappa shape index (κ3) is 2.76. The van der Waals surface area contributed by atoms with E-state index >= 15 is 0 Å². The van der Waals surface area contributed by atoms with Crippen LogP contribution in [0.5, 0.6) is 0 Å². The number of carbonyl (C=O) groups is 1. The van der Waals surface area contributed by atoms with Gasteiger partial charge in [0, 0.05) is 12.4 Å². The number of rotatable bonds is 1. The molecule has 1 aliphatic rings. The summed E-state index contributed by atoms with van der Waals surface area (Å²) in [5.41, 5.74) is 2.04. The highest BCUT2D eigenvalue weighted by molar-refractivity contribution is 5.71. The quantitative estimate of drug-likeness (QED) is 0.640. The zero-order chi connectivity index (χ0) is 10.6. The molecular formula is C11H15NO2. The van der Waals surface area contributed by atoms with E-state index in [1.165, 1.54) is 4.90 Å². The number of nitrogens with zero attached hydrogens (tertiary/aromatic N) is 1. The molecule has 0 aromatic heterocycles. The average Bonchev–Trinajstić information content (AvgIpc) is 2.29. The van der Waals surface area contributed by atoms with Crippen LogP contribution in [0, 0.1) is 0 Å². The van der Waals surface area contributed by atoms with Crippen LogP contribution in [0.15, 0.2) is 35.7 Å². The first-order valence-electron chi connectivity index (χ1n) is 4.63. The predicted molar refractivity (Wildman–Crippen MR) is 55.5 cm³/mol. The fourth-order valence-electron chi connectivity index (χ4n) is 1.13. The number of carbonyl (C=O) groups excluding carboxylic acids is 1. The zero-order valence-electron chi connectivity index (χ0n) is 8.78. The normalized spacial score (nSPS) is 15.8. The summed E-state index contributed by atoms with van der Waals surface area (Å²) in [5, 5.41) is 0. The number of hydrogen-bond donors (Lipinski definition) is 0. The van der Waals surface area contributed by atoms with Gasteiger partial charge in [-0.2, -0.15) is 0 Å². The van der Waals surface area contributed by atoms with Crippen LogP contribution in [0.25, 0.3) is 0 Å². The summed E-state index contributed by atoms with van der Waals surface area (Å²) < 4.78 is 4.90. The lowest BCUT2D eigenvalue weighted by atomic mass is 10.2. The highest BCUT2D eigenvalue weighted by atomic mass is 16.5. The van der Waals surface area contributed by atoms with E-state index in [1.807, 2.05) is 26.0 Å². The van der Waals surface area contributed by atoms with Crippen molar-refractivity contribution in [1.82, 2.24) is 4.90 Å². The molecule has 0 aromatic rings. The van der Waals surface area contributed by atoms with E-state index in [2.05, 4.69) is 0 Å². The van der Waals surface area contributed by atoms with Gasteiger partial charge in [-0.15, -0.1) is 0 Å². The second-order valence-electron chi connectivity index (χ2n) is 3.19. The summed E-state index contributed by atoms with van der Waals surface area (Å²) in [4.78, 5) is 12.9. The van der Waals surface area contributed by atoms with Gasteiger partial charge < -0.3 is 4.74 Å². The molecule has 0 atom stereocenters. The minimum absolute atomic E-state index is 0.338. The van der Waals surface area contributed by atoms with Crippen molar-refractivity contribution in [2.45, 2.75) is 20.8 Å². The van der Waals surface area contributed by atoms with E-state index < -0.39 is 0 Å². The number of hydrogen-bond acceptors (Lipinski definition) is 2. The summed E-state index contributed by atoms with van der Waals surface area (Å²) in [5.74, 6) is 0. The molecule has 0 aromatic carbocycles. The van der Waals surface area contributed by atoms with Crippen molar-refractivity contribution in [3.63, 3.8) is 0 Å². The van der Waals surface area contributed by atoms with Crippen LogP contribution in [0.4, 0.5) is 4.79 Å². The van der Waals surface area contributed by atoms with Crippen LogP contribution in [0.1, 0.15) is 20.8 Å². The van der Waals surface area contributed by atoms with E-state index in [9.17, 15) is 4.79 Å². The molecule has 0 saturated carbocycles. The Bertz CT molecular complexity index is 291. The third-order valence-corrected chi connectivity index (χ3v) is 1.77. The van der Waals surface area contributed by atoms with Crippen molar-refractivity contribution in [3.05, 3.63) is 35.7 Å². The van der Waals surface area contributed by atoms with E-state index in [0.29, 0.717) is 6.61 Å². The first-order valence-corrected chi connectivity index (χ1v) is 4.63. The zero-order valence-corrected chi connectivity index (χ0v) is 8.78. The van der Waals surface area contributed by atoms with E-state index in [-0.39, 0.29) is 6.09 Å². The molecule has 14 heavy (non-hydrogen) atoms. The lowest BCUT2D eigenvalue weighted by Crippen LogP contribution is -2.21. The Morgan fingerprint density at radius 1 is 1.29 bits per heavy atom. The maximum atomic E-state index is 11.4. The van der Waals surface area contributed by atoms with Gasteiger partial charge in [0.05, 0.1) is 6.61 Å². The molecule has 1 amide bonds. The molecule has 0 unspecified atom stereocenters. The Morgan fingerprint density at radius 3 is 2.21 bits per heavy atom. The molecule has 0 radical (unpaired) electrons. The van der Waals surface area contributed by atoms with Gasteiger partial charge in [0.1, 0.15) is 0 Å². The van der Waals surface area contributed by atoms with Gasteiger partial charge >= 0.3 is 6.09 Å². The highest BCUT2D eigenvalue weighted by Gasteiger charge is 2.10. The van der Waals surface area contributed by atoms with Crippen LogP contribution < -0.4 is 0 Å². The summed E-state index contributed by atoms with van der Waals surface area (Å²) in [7, 11) is 0. The summed E-state index contributed by atoms with van der Waals surface area (Å²) in [6, 6.07) is 0. The molecule has 1 aliphatic heterocycles. The molecular weight excluding hydrogens is 178 g/mol. The fraction of sp³-hybridized carbons (Fsp3) is 0.364. The van der Waals surface area contributed by atoms with Gasteiger partial charge in [-0.25, -0.2) is 4.79 Å². The van der Waals surface area contributed by atoms with E-state index in [0.717, 1.165) is 11.1 Å². The Balaban J connectivity index is 2.83. The van der Waals surface area contributed by atoms with Gasteiger partial charge in [0.25, 0.3) is 0 Å². The SMILES string of the molecule is CCOC(=O)N1C=C(C)C=CC(C)=C1. The predicted octanol–water partition coefficient (Wildman–Crippen LogP) is 2.82. The fourth-order valence-corrected chi connectivity index (χ4v) is 1.13. The highest BCUT2D eigenvalue weighted by Crippen LogP contribution is 2.11. The number of amides is 1. The average molecular weight is 193 g/mol. The van der Waals surface area contributed by atoms with Crippen LogP contribution in [0.2, 0.25) is 0 Å². The van der Waals surface area contributed by atoms with Gasteiger partial charge in [0.15, 0.2) is 0 Å². The van der Waals surface area contributed by atoms with Crippen molar-refractivity contribution in [1.29, 1.82) is 0 Å². The molecule has 0 bridgehead atoms.